The van der Waals surface area contributed by atoms with Crippen LogP contribution in [0.4, 0.5) is 0 Å². The third-order valence-corrected chi connectivity index (χ3v) is 7.91. The number of unbranched alkanes of at least 4 members (excludes halogenated alkanes) is 15. The van der Waals surface area contributed by atoms with Crippen LogP contribution in [0.15, 0.2) is 48.5 Å². The molecule has 0 aliphatic carbocycles. The van der Waals surface area contributed by atoms with Crippen LogP contribution in [0.3, 0.4) is 0 Å². The van der Waals surface area contributed by atoms with Gasteiger partial charge in [-0.2, -0.15) is 8.42 Å². The highest BCUT2D eigenvalue weighted by Gasteiger charge is 2.13. The van der Waals surface area contributed by atoms with E-state index in [-0.39, 0.29) is 5.75 Å². The van der Waals surface area contributed by atoms with Crippen LogP contribution in [0, 0.1) is 0 Å². The molecule has 0 amide bonds. The van der Waals surface area contributed by atoms with Crippen LogP contribution in [0.5, 0.6) is 11.5 Å². The average Bonchev–Trinajstić information content (AvgIpc) is 2.92. The van der Waals surface area contributed by atoms with E-state index in [1.54, 1.807) is 0 Å². The Morgan fingerprint density at radius 2 is 1.00 bits per heavy atom. The van der Waals surface area contributed by atoms with Gasteiger partial charge < -0.3 is 9.47 Å². The lowest BCUT2D eigenvalue weighted by Gasteiger charge is -2.17. The Kier molecular flexibility index (Phi) is 17.7. The molecule has 39 heavy (non-hydrogen) atoms. The van der Waals surface area contributed by atoms with Crippen LogP contribution in [-0.4, -0.2) is 31.9 Å². The van der Waals surface area contributed by atoms with E-state index in [0.29, 0.717) is 13.0 Å². The fraction of sp³-hybridized carbons (Fsp3) is 0.636. The Labute approximate surface area is 238 Å². The Hall–Kier alpha value is -2.05. The summed E-state index contributed by atoms with van der Waals surface area (Å²) in [4.78, 5) is 0. The summed E-state index contributed by atoms with van der Waals surface area (Å²) in [6.45, 7) is 3.67. The van der Waals surface area contributed by atoms with Gasteiger partial charge in [-0.25, -0.2) is 0 Å². The van der Waals surface area contributed by atoms with Crippen LogP contribution in [0.2, 0.25) is 0 Å². The van der Waals surface area contributed by atoms with E-state index < -0.39 is 10.1 Å². The van der Waals surface area contributed by atoms with Crippen molar-refractivity contribution < 1.29 is 22.4 Å². The molecular weight excluding hydrogens is 508 g/mol. The Bertz CT molecular complexity index is 975. The van der Waals surface area contributed by atoms with Gasteiger partial charge in [0.1, 0.15) is 11.5 Å². The van der Waals surface area contributed by atoms with Crippen LogP contribution >= 0.6 is 0 Å². The molecule has 0 bridgehead atoms. The van der Waals surface area contributed by atoms with E-state index in [9.17, 15) is 8.42 Å². The van der Waals surface area contributed by atoms with E-state index >= 15 is 0 Å². The molecule has 0 aromatic heterocycles. The second-order valence-electron chi connectivity index (χ2n) is 10.6. The average molecular weight is 561 g/mol. The van der Waals surface area contributed by atoms with Crippen molar-refractivity contribution in [1.29, 1.82) is 0 Å². The normalized spacial score (nSPS) is 11.5. The first-order valence-electron chi connectivity index (χ1n) is 15.4. The van der Waals surface area contributed by atoms with E-state index in [1.807, 2.05) is 18.2 Å². The summed E-state index contributed by atoms with van der Waals surface area (Å²) in [5.41, 5.74) is 2.16. The standard InChI is InChI=1S/C33H52O5S/c1-2-3-4-5-6-7-10-13-19-27-37-31-25-22-26-32(33(31)30-23-17-16-18-24-30)38-28-20-14-11-8-9-12-15-21-29-39(34,35)36/h16-18,22-26H,2-15,19-21,27-29H2,1H3,(H,34,35,36). The van der Waals surface area contributed by atoms with Crippen molar-refractivity contribution in [3.63, 3.8) is 0 Å². The predicted octanol–water partition coefficient (Wildman–Crippen LogP) is 9.65. The van der Waals surface area contributed by atoms with Crippen molar-refractivity contribution in [2.24, 2.45) is 0 Å². The molecule has 0 aliphatic heterocycles. The number of ether oxygens (including phenoxy) is 2. The molecule has 0 spiro atoms. The number of rotatable bonds is 24. The van der Waals surface area contributed by atoms with Gasteiger partial charge in [0.05, 0.1) is 24.5 Å². The van der Waals surface area contributed by atoms with Crippen molar-refractivity contribution in [3.05, 3.63) is 48.5 Å². The third-order valence-electron chi connectivity index (χ3n) is 7.11. The van der Waals surface area contributed by atoms with Crippen LogP contribution in [-0.2, 0) is 10.1 Å². The van der Waals surface area contributed by atoms with Crippen LogP contribution < -0.4 is 9.47 Å². The fourth-order valence-corrected chi connectivity index (χ4v) is 5.43. The van der Waals surface area contributed by atoms with Gasteiger partial charge in [0.2, 0.25) is 0 Å². The maximum atomic E-state index is 10.7. The molecule has 0 heterocycles. The first-order chi connectivity index (χ1) is 19.0. The highest BCUT2D eigenvalue weighted by Crippen LogP contribution is 2.38. The lowest BCUT2D eigenvalue weighted by molar-refractivity contribution is 0.292. The van der Waals surface area contributed by atoms with Gasteiger partial charge in [0, 0.05) is 0 Å². The third kappa shape index (κ3) is 16.0. The molecule has 0 atom stereocenters. The predicted molar refractivity (Wildman–Crippen MR) is 163 cm³/mol. The second-order valence-corrected chi connectivity index (χ2v) is 12.2. The minimum absolute atomic E-state index is 0.124. The van der Waals surface area contributed by atoms with Crippen LogP contribution in [0.1, 0.15) is 116 Å². The quantitative estimate of drug-likeness (QED) is 0.102. The van der Waals surface area contributed by atoms with Gasteiger partial charge >= 0.3 is 0 Å². The Balaban J connectivity index is 1.71. The Morgan fingerprint density at radius 3 is 1.46 bits per heavy atom. The molecule has 0 unspecified atom stereocenters. The molecule has 6 heteroatoms. The maximum Gasteiger partial charge on any atom is 0.264 e. The smallest absolute Gasteiger partial charge is 0.264 e. The van der Waals surface area contributed by atoms with Gasteiger partial charge in [-0.15, -0.1) is 0 Å². The summed E-state index contributed by atoms with van der Waals surface area (Å²) in [6.07, 6.45) is 19.6. The van der Waals surface area contributed by atoms with Gasteiger partial charge in [0.25, 0.3) is 10.1 Å². The van der Waals surface area contributed by atoms with E-state index in [2.05, 4.69) is 37.3 Å². The number of hydrogen-bond acceptors (Lipinski definition) is 4. The van der Waals surface area contributed by atoms with Crippen LogP contribution in [0.25, 0.3) is 11.1 Å². The SMILES string of the molecule is CCCCCCCCCCCOc1cccc(OCCCCCCCCCCS(=O)(=O)O)c1-c1ccccc1. The maximum absolute atomic E-state index is 10.7. The van der Waals surface area contributed by atoms with Crippen molar-refractivity contribution in [2.45, 2.75) is 116 Å². The minimum atomic E-state index is -3.81. The number of hydrogen-bond donors (Lipinski definition) is 1. The zero-order valence-corrected chi connectivity index (χ0v) is 25.1. The van der Waals surface area contributed by atoms with Crippen molar-refractivity contribution in [1.82, 2.24) is 0 Å². The first-order valence-corrected chi connectivity index (χ1v) is 17.0. The molecule has 0 radical (unpaired) electrons. The fourth-order valence-electron chi connectivity index (χ4n) is 4.87. The first kappa shape index (κ1) is 33.2. The molecule has 2 rings (SSSR count). The van der Waals surface area contributed by atoms with E-state index in [0.717, 1.165) is 80.6 Å². The lowest BCUT2D eigenvalue weighted by atomic mass is 10.0. The Morgan fingerprint density at radius 1 is 0.564 bits per heavy atom. The van der Waals surface area contributed by atoms with Gasteiger partial charge in [-0.3, -0.25) is 4.55 Å². The zero-order valence-electron chi connectivity index (χ0n) is 24.2. The molecule has 220 valence electrons. The summed E-state index contributed by atoms with van der Waals surface area (Å²) in [5, 5.41) is 0. The highest BCUT2D eigenvalue weighted by molar-refractivity contribution is 7.85. The largest absolute Gasteiger partial charge is 0.493 e. The summed E-state index contributed by atoms with van der Waals surface area (Å²) >= 11 is 0. The monoisotopic (exact) mass is 560 g/mol. The minimum Gasteiger partial charge on any atom is -0.493 e. The topological polar surface area (TPSA) is 72.8 Å². The van der Waals surface area contributed by atoms with Crippen molar-refractivity contribution in [2.75, 3.05) is 19.0 Å². The van der Waals surface area contributed by atoms with Gasteiger partial charge in [-0.1, -0.05) is 133 Å². The zero-order chi connectivity index (χ0) is 28.0. The molecule has 0 saturated carbocycles. The van der Waals surface area contributed by atoms with Gasteiger partial charge in [-0.05, 0) is 37.0 Å². The molecular formula is C33H52O5S. The molecule has 0 fully saturated rings. The van der Waals surface area contributed by atoms with Crippen molar-refractivity contribution in [3.8, 4) is 22.6 Å². The molecule has 1 N–H and O–H groups in total. The lowest BCUT2D eigenvalue weighted by Crippen LogP contribution is -2.03. The molecule has 5 nitrogen and oxygen atoms in total. The van der Waals surface area contributed by atoms with E-state index in [4.69, 9.17) is 14.0 Å². The summed E-state index contributed by atoms with van der Waals surface area (Å²) in [7, 11) is -3.81. The molecule has 2 aromatic rings. The van der Waals surface area contributed by atoms with E-state index in [1.165, 1.54) is 51.4 Å². The van der Waals surface area contributed by atoms with Crippen molar-refractivity contribution >= 4 is 10.1 Å². The molecule has 0 aliphatic rings. The van der Waals surface area contributed by atoms with Gasteiger partial charge in [0.15, 0.2) is 0 Å². The molecule has 2 aromatic carbocycles. The summed E-state index contributed by atoms with van der Waals surface area (Å²) < 4.78 is 42.8. The summed E-state index contributed by atoms with van der Waals surface area (Å²) in [6, 6.07) is 16.5. The highest BCUT2D eigenvalue weighted by atomic mass is 32.2. The summed E-state index contributed by atoms with van der Waals surface area (Å²) in [5.74, 6) is 1.65. The molecule has 0 saturated heterocycles. The second kappa shape index (κ2) is 20.8. The number of benzene rings is 2.